The minimum absolute atomic E-state index is 0.0794. The minimum atomic E-state index is -1.08. The summed E-state index contributed by atoms with van der Waals surface area (Å²) in [6, 6.07) is 5.87. The maximum absolute atomic E-state index is 12.4. The zero-order chi connectivity index (χ0) is 18.2. The lowest BCUT2D eigenvalue weighted by Crippen LogP contribution is -2.49. The summed E-state index contributed by atoms with van der Waals surface area (Å²) >= 11 is 0. The molecule has 0 bridgehead atoms. The molecule has 7 heteroatoms. The summed E-state index contributed by atoms with van der Waals surface area (Å²) in [5, 5.41) is 20.1. The number of hydrogen-bond donors (Lipinski definition) is 2. The maximum atomic E-state index is 12.4. The minimum Gasteiger partial charge on any atom is -0.508 e. The quantitative estimate of drug-likeness (QED) is 0.796. The van der Waals surface area contributed by atoms with Crippen molar-refractivity contribution < 1.29 is 34.0 Å². The molecule has 1 aromatic carbocycles. The van der Waals surface area contributed by atoms with Crippen LogP contribution in [-0.4, -0.2) is 54.7 Å². The van der Waals surface area contributed by atoms with Crippen molar-refractivity contribution in [3.05, 3.63) is 29.8 Å². The van der Waals surface area contributed by atoms with Crippen LogP contribution in [0.4, 0.5) is 0 Å². The van der Waals surface area contributed by atoms with E-state index in [0.29, 0.717) is 18.4 Å². The molecule has 25 heavy (non-hydrogen) atoms. The van der Waals surface area contributed by atoms with E-state index >= 15 is 0 Å². The number of phenols is 1. The third-order valence-corrected chi connectivity index (χ3v) is 5.17. The van der Waals surface area contributed by atoms with Crippen molar-refractivity contribution in [1.82, 2.24) is 0 Å². The summed E-state index contributed by atoms with van der Waals surface area (Å²) in [5.74, 6) is -0.868. The Morgan fingerprint density at radius 3 is 2.52 bits per heavy atom. The van der Waals surface area contributed by atoms with E-state index in [1.54, 1.807) is 14.0 Å². The summed E-state index contributed by atoms with van der Waals surface area (Å²) in [6.45, 7) is 1.71. The van der Waals surface area contributed by atoms with Crippen molar-refractivity contribution in [2.24, 2.45) is 11.8 Å². The molecule has 0 aromatic heterocycles. The molecule has 1 heterocycles. The SMILES string of the molecule is CO[C@@H]1C[C@@H]2[C@H]([C@@H](OC)O1)[C@@](C)(O)C[C@H]2OC(=O)c1ccc(O)cc1. The zero-order valence-electron chi connectivity index (χ0n) is 14.5. The van der Waals surface area contributed by atoms with Gasteiger partial charge in [0.1, 0.15) is 11.9 Å². The Morgan fingerprint density at radius 1 is 1.24 bits per heavy atom. The standard InChI is InChI=1S/C18H24O7/c1-18(21)9-13(24-16(20)10-4-6-11(19)7-5-10)12-8-14(22-2)25-17(23-3)15(12)18/h4-7,12-15,17,19,21H,8-9H2,1-3H3/t12-,13+,14-,15+,17-,18-/m0/s1. The van der Waals surface area contributed by atoms with Crippen LogP contribution in [0.15, 0.2) is 24.3 Å². The molecule has 3 rings (SSSR count). The van der Waals surface area contributed by atoms with E-state index < -0.39 is 30.3 Å². The number of carbonyl (C=O) groups excluding carboxylic acids is 1. The lowest BCUT2D eigenvalue weighted by molar-refractivity contribution is -0.301. The van der Waals surface area contributed by atoms with Gasteiger partial charge in [-0.3, -0.25) is 0 Å². The van der Waals surface area contributed by atoms with Crippen molar-refractivity contribution in [1.29, 1.82) is 0 Å². The Balaban J connectivity index is 1.79. The topological polar surface area (TPSA) is 94.5 Å². The van der Waals surface area contributed by atoms with Crippen molar-refractivity contribution in [2.75, 3.05) is 14.2 Å². The first kappa shape index (κ1) is 18.1. The highest BCUT2D eigenvalue weighted by molar-refractivity contribution is 5.89. The predicted octanol–water partition coefficient (Wildman–Crippen LogP) is 1.67. The van der Waals surface area contributed by atoms with Gasteiger partial charge in [0.2, 0.25) is 0 Å². The van der Waals surface area contributed by atoms with Crippen molar-refractivity contribution in [3.63, 3.8) is 0 Å². The number of carbonyl (C=O) groups is 1. The van der Waals surface area contributed by atoms with Gasteiger partial charge in [0, 0.05) is 38.9 Å². The molecule has 138 valence electrons. The molecule has 1 saturated carbocycles. The average molecular weight is 352 g/mol. The second kappa shape index (κ2) is 6.92. The smallest absolute Gasteiger partial charge is 0.338 e. The van der Waals surface area contributed by atoms with E-state index in [1.807, 2.05) is 0 Å². The van der Waals surface area contributed by atoms with Crippen LogP contribution >= 0.6 is 0 Å². The third kappa shape index (κ3) is 3.50. The van der Waals surface area contributed by atoms with Crippen LogP contribution in [-0.2, 0) is 18.9 Å². The number of aliphatic hydroxyl groups is 1. The monoisotopic (exact) mass is 352 g/mol. The van der Waals surface area contributed by atoms with Crippen LogP contribution in [0.5, 0.6) is 5.75 Å². The highest BCUT2D eigenvalue weighted by Crippen LogP contribution is 2.50. The Labute approximate surface area is 146 Å². The second-order valence-corrected chi connectivity index (χ2v) is 6.88. The Bertz CT molecular complexity index is 612. The fourth-order valence-corrected chi connectivity index (χ4v) is 3.98. The van der Waals surface area contributed by atoms with Gasteiger partial charge in [0.05, 0.1) is 11.2 Å². The molecule has 1 saturated heterocycles. The number of fused-ring (bicyclic) bond motifs is 1. The van der Waals surface area contributed by atoms with Crippen molar-refractivity contribution in [3.8, 4) is 5.75 Å². The van der Waals surface area contributed by atoms with Gasteiger partial charge < -0.3 is 29.2 Å². The van der Waals surface area contributed by atoms with E-state index in [4.69, 9.17) is 18.9 Å². The summed E-state index contributed by atoms with van der Waals surface area (Å²) in [5.41, 5.74) is -0.733. The molecule has 2 N–H and O–H groups in total. The number of hydrogen-bond acceptors (Lipinski definition) is 7. The Kier molecular flexibility index (Phi) is 5.02. The Hall–Kier alpha value is -1.67. The van der Waals surface area contributed by atoms with Gasteiger partial charge in [-0.15, -0.1) is 0 Å². The van der Waals surface area contributed by atoms with E-state index in [1.165, 1.54) is 31.4 Å². The summed E-state index contributed by atoms with van der Waals surface area (Å²) in [7, 11) is 3.06. The van der Waals surface area contributed by atoms with Gasteiger partial charge in [-0.05, 0) is 31.2 Å². The van der Waals surface area contributed by atoms with Gasteiger partial charge in [0.25, 0.3) is 0 Å². The van der Waals surface area contributed by atoms with Crippen LogP contribution < -0.4 is 0 Å². The first-order valence-electron chi connectivity index (χ1n) is 8.29. The van der Waals surface area contributed by atoms with Crippen LogP contribution in [0.1, 0.15) is 30.1 Å². The predicted molar refractivity (Wildman–Crippen MR) is 86.8 cm³/mol. The molecule has 0 unspecified atom stereocenters. The van der Waals surface area contributed by atoms with Crippen LogP contribution in [0.2, 0.25) is 0 Å². The van der Waals surface area contributed by atoms with Crippen LogP contribution in [0.25, 0.3) is 0 Å². The fourth-order valence-electron chi connectivity index (χ4n) is 3.98. The molecule has 1 aliphatic heterocycles. The van der Waals surface area contributed by atoms with E-state index in [0.717, 1.165) is 0 Å². The number of aromatic hydroxyl groups is 1. The molecule has 1 aromatic rings. The van der Waals surface area contributed by atoms with Gasteiger partial charge >= 0.3 is 5.97 Å². The first-order chi connectivity index (χ1) is 11.9. The fraction of sp³-hybridized carbons (Fsp3) is 0.611. The maximum Gasteiger partial charge on any atom is 0.338 e. The molecular formula is C18H24O7. The second-order valence-electron chi connectivity index (χ2n) is 6.88. The normalized spacial score (nSPS) is 37.5. The molecule has 1 aliphatic carbocycles. The molecule has 2 fully saturated rings. The molecular weight excluding hydrogens is 328 g/mol. The van der Waals surface area contributed by atoms with Gasteiger partial charge in [0.15, 0.2) is 12.6 Å². The molecule has 7 nitrogen and oxygen atoms in total. The molecule has 0 amide bonds. The van der Waals surface area contributed by atoms with E-state index in [9.17, 15) is 15.0 Å². The summed E-state index contributed by atoms with van der Waals surface area (Å²) < 4.78 is 22.1. The van der Waals surface area contributed by atoms with Gasteiger partial charge in [-0.25, -0.2) is 4.79 Å². The number of benzene rings is 1. The number of rotatable bonds is 4. The highest BCUT2D eigenvalue weighted by Gasteiger charge is 2.58. The third-order valence-electron chi connectivity index (χ3n) is 5.17. The van der Waals surface area contributed by atoms with Crippen LogP contribution in [0.3, 0.4) is 0 Å². The zero-order valence-corrected chi connectivity index (χ0v) is 14.5. The van der Waals surface area contributed by atoms with Crippen molar-refractivity contribution >= 4 is 5.97 Å². The number of ether oxygens (including phenoxy) is 4. The Morgan fingerprint density at radius 2 is 1.92 bits per heavy atom. The molecule has 0 spiro atoms. The molecule has 6 atom stereocenters. The lowest BCUT2D eigenvalue weighted by Gasteiger charge is -2.41. The van der Waals surface area contributed by atoms with Gasteiger partial charge in [-0.2, -0.15) is 0 Å². The molecule has 2 aliphatic rings. The lowest BCUT2D eigenvalue weighted by atomic mass is 9.82. The number of methoxy groups -OCH3 is 2. The van der Waals surface area contributed by atoms with Crippen molar-refractivity contribution in [2.45, 2.75) is 44.1 Å². The first-order valence-corrected chi connectivity index (χ1v) is 8.29. The number of esters is 1. The number of phenolic OH excluding ortho intramolecular Hbond substituents is 1. The molecule has 0 radical (unpaired) electrons. The summed E-state index contributed by atoms with van der Waals surface area (Å²) in [4.78, 5) is 12.4. The van der Waals surface area contributed by atoms with Crippen LogP contribution in [0, 0.1) is 11.8 Å². The van der Waals surface area contributed by atoms with Gasteiger partial charge in [-0.1, -0.05) is 0 Å². The van der Waals surface area contributed by atoms with E-state index in [2.05, 4.69) is 0 Å². The van der Waals surface area contributed by atoms with E-state index in [-0.39, 0.29) is 17.6 Å². The summed E-state index contributed by atoms with van der Waals surface area (Å²) in [6.07, 6.45) is -0.775. The highest BCUT2D eigenvalue weighted by atomic mass is 16.8. The largest absolute Gasteiger partial charge is 0.508 e. The average Bonchev–Trinajstić information content (AvgIpc) is 2.85.